The van der Waals surface area contributed by atoms with Crippen LogP contribution in [0.25, 0.3) is 0 Å². The van der Waals surface area contributed by atoms with E-state index >= 15 is 0 Å². The highest BCUT2D eigenvalue weighted by Crippen LogP contribution is 2.02. The standard InChI is InChI=1S/C13H24N2O2/c1-5-17-13(16)12(2)8-10-14-9-6-7-11-15(3)4/h12,14H,5,8-11H2,1-4H3. The van der Waals surface area contributed by atoms with Crippen molar-refractivity contribution >= 4 is 5.97 Å². The number of hydrogen-bond donors (Lipinski definition) is 1. The average molecular weight is 240 g/mol. The summed E-state index contributed by atoms with van der Waals surface area (Å²) in [7, 11) is 3.98. The van der Waals surface area contributed by atoms with Gasteiger partial charge in [-0.05, 0) is 34.0 Å². The Morgan fingerprint density at radius 3 is 2.71 bits per heavy atom. The number of hydrogen-bond acceptors (Lipinski definition) is 4. The minimum absolute atomic E-state index is 0.0443. The first-order valence-electron chi connectivity index (χ1n) is 6.05. The van der Waals surface area contributed by atoms with Gasteiger partial charge in [-0.1, -0.05) is 18.8 Å². The molecule has 4 nitrogen and oxygen atoms in total. The number of rotatable bonds is 7. The van der Waals surface area contributed by atoms with Crippen LogP contribution in [0.1, 0.15) is 20.3 Å². The van der Waals surface area contributed by atoms with Gasteiger partial charge in [0, 0.05) is 0 Å². The number of nitrogens with zero attached hydrogens (tertiary/aromatic N) is 1. The molecular weight excluding hydrogens is 216 g/mol. The molecule has 98 valence electrons. The van der Waals surface area contributed by atoms with Crippen molar-refractivity contribution in [3.05, 3.63) is 0 Å². The minimum Gasteiger partial charge on any atom is -0.466 e. The predicted molar refractivity (Wildman–Crippen MR) is 69.6 cm³/mol. The Bertz CT molecular complexity index is 266. The zero-order valence-corrected chi connectivity index (χ0v) is 11.4. The van der Waals surface area contributed by atoms with E-state index in [1.165, 1.54) is 0 Å². The fraction of sp³-hybridized carbons (Fsp3) is 0.769. The lowest BCUT2D eigenvalue weighted by Crippen LogP contribution is -2.22. The van der Waals surface area contributed by atoms with Gasteiger partial charge >= 0.3 is 5.97 Å². The summed E-state index contributed by atoms with van der Waals surface area (Å²) in [5, 5.41) is 3.19. The van der Waals surface area contributed by atoms with E-state index in [1.807, 2.05) is 32.8 Å². The highest BCUT2D eigenvalue weighted by Gasteiger charge is 2.12. The summed E-state index contributed by atoms with van der Waals surface area (Å²) in [6.07, 6.45) is 0.786. The second-order valence-corrected chi connectivity index (χ2v) is 4.21. The van der Waals surface area contributed by atoms with Gasteiger partial charge in [-0.2, -0.15) is 0 Å². The monoisotopic (exact) mass is 240 g/mol. The normalized spacial score (nSPS) is 11.8. The Kier molecular flexibility index (Phi) is 9.50. The van der Waals surface area contributed by atoms with Gasteiger partial charge in [0.1, 0.15) is 0 Å². The second-order valence-electron chi connectivity index (χ2n) is 4.21. The molecule has 4 heteroatoms. The number of nitrogens with one attached hydrogen (secondary N) is 1. The molecule has 1 atom stereocenters. The quantitative estimate of drug-likeness (QED) is 0.405. The third kappa shape index (κ3) is 9.86. The van der Waals surface area contributed by atoms with Crippen LogP contribution < -0.4 is 5.32 Å². The summed E-state index contributed by atoms with van der Waals surface area (Å²) in [6.45, 7) is 6.40. The van der Waals surface area contributed by atoms with Crippen molar-refractivity contribution in [2.75, 3.05) is 40.3 Å². The molecule has 0 saturated carbocycles. The molecule has 0 aliphatic rings. The summed E-state index contributed by atoms with van der Waals surface area (Å²) in [5.74, 6) is 5.90. The van der Waals surface area contributed by atoms with Crippen molar-refractivity contribution < 1.29 is 9.53 Å². The van der Waals surface area contributed by atoms with Crippen molar-refractivity contribution in [2.45, 2.75) is 20.3 Å². The zero-order chi connectivity index (χ0) is 13.1. The van der Waals surface area contributed by atoms with Crippen LogP contribution in [0.15, 0.2) is 0 Å². The van der Waals surface area contributed by atoms with Gasteiger partial charge in [0.15, 0.2) is 0 Å². The molecule has 1 unspecified atom stereocenters. The molecule has 0 rings (SSSR count). The Labute approximate surface area is 105 Å². The van der Waals surface area contributed by atoms with Crippen LogP contribution in [-0.4, -0.2) is 51.2 Å². The van der Waals surface area contributed by atoms with Crippen molar-refractivity contribution in [1.29, 1.82) is 0 Å². The van der Waals surface area contributed by atoms with Crippen molar-refractivity contribution in [1.82, 2.24) is 10.2 Å². The molecule has 0 fully saturated rings. The van der Waals surface area contributed by atoms with Crippen molar-refractivity contribution in [3.63, 3.8) is 0 Å². The Morgan fingerprint density at radius 1 is 1.41 bits per heavy atom. The summed E-state index contributed by atoms with van der Waals surface area (Å²) < 4.78 is 4.93. The summed E-state index contributed by atoms with van der Waals surface area (Å²) in [6, 6.07) is 0. The number of esters is 1. The van der Waals surface area contributed by atoms with E-state index in [9.17, 15) is 4.79 Å². The van der Waals surface area contributed by atoms with Gasteiger partial charge in [0.05, 0.1) is 25.6 Å². The SMILES string of the molecule is CCOC(=O)C(C)CCNCC#CCN(C)C. The highest BCUT2D eigenvalue weighted by atomic mass is 16.5. The van der Waals surface area contributed by atoms with E-state index in [1.54, 1.807) is 0 Å². The van der Waals surface area contributed by atoms with Gasteiger partial charge in [-0.15, -0.1) is 0 Å². The summed E-state index contributed by atoms with van der Waals surface area (Å²) in [4.78, 5) is 13.3. The van der Waals surface area contributed by atoms with Crippen LogP contribution in [0.3, 0.4) is 0 Å². The van der Waals surface area contributed by atoms with E-state index in [4.69, 9.17) is 4.74 Å². The number of carbonyl (C=O) groups is 1. The molecule has 0 radical (unpaired) electrons. The molecule has 0 bridgehead atoms. The lowest BCUT2D eigenvalue weighted by Gasteiger charge is -2.09. The van der Waals surface area contributed by atoms with E-state index in [2.05, 4.69) is 17.2 Å². The van der Waals surface area contributed by atoms with Crippen molar-refractivity contribution in [3.8, 4) is 11.8 Å². The van der Waals surface area contributed by atoms with Crippen LogP contribution in [0.5, 0.6) is 0 Å². The Hall–Kier alpha value is -1.05. The molecule has 0 aromatic rings. The van der Waals surface area contributed by atoms with Gasteiger partial charge in [0.2, 0.25) is 0 Å². The molecule has 0 heterocycles. The highest BCUT2D eigenvalue weighted by molar-refractivity contribution is 5.71. The van der Waals surface area contributed by atoms with Gasteiger partial charge in [0.25, 0.3) is 0 Å². The largest absolute Gasteiger partial charge is 0.466 e. The molecule has 0 aliphatic heterocycles. The summed E-state index contributed by atoms with van der Waals surface area (Å²) in [5.41, 5.74) is 0. The van der Waals surface area contributed by atoms with Crippen LogP contribution >= 0.6 is 0 Å². The molecule has 0 aromatic carbocycles. The second kappa shape index (κ2) is 10.1. The molecule has 0 spiro atoms. The Balaban J connectivity index is 3.50. The molecule has 17 heavy (non-hydrogen) atoms. The molecule has 1 N–H and O–H groups in total. The third-order valence-electron chi connectivity index (χ3n) is 2.18. The first kappa shape index (κ1) is 16.0. The van der Waals surface area contributed by atoms with E-state index in [-0.39, 0.29) is 11.9 Å². The molecular formula is C13H24N2O2. The third-order valence-corrected chi connectivity index (χ3v) is 2.18. The minimum atomic E-state index is -0.118. The van der Waals surface area contributed by atoms with E-state index in [0.717, 1.165) is 19.5 Å². The maximum absolute atomic E-state index is 11.3. The topological polar surface area (TPSA) is 41.6 Å². The van der Waals surface area contributed by atoms with Crippen LogP contribution in [-0.2, 0) is 9.53 Å². The smallest absolute Gasteiger partial charge is 0.308 e. The first-order valence-corrected chi connectivity index (χ1v) is 6.05. The van der Waals surface area contributed by atoms with Gasteiger partial charge in [-0.25, -0.2) is 0 Å². The predicted octanol–water partition coefficient (Wildman–Crippen LogP) is 0.730. The zero-order valence-electron chi connectivity index (χ0n) is 11.4. The number of carbonyl (C=O) groups excluding carboxylic acids is 1. The van der Waals surface area contributed by atoms with Crippen LogP contribution in [0, 0.1) is 17.8 Å². The summed E-state index contributed by atoms with van der Waals surface area (Å²) >= 11 is 0. The van der Waals surface area contributed by atoms with E-state index < -0.39 is 0 Å². The van der Waals surface area contributed by atoms with Crippen LogP contribution in [0.2, 0.25) is 0 Å². The fourth-order valence-corrected chi connectivity index (χ4v) is 1.15. The molecule has 0 aliphatic carbocycles. The van der Waals surface area contributed by atoms with Gasteiger partial charge < -0.3 is 10.1 Å². The lowest BCUT2D eigenvalue weighted by atomic mass is 10.1. The molecule has 0 saturated heterocycles. The molecule has 0 amide bonds. The van der Waals surface area contributed by atoms with Crippen molar-refractivity contribution in [2.24, 2.45) is 5.92 Å². The molecule has 0 aromatic heterocycles. The average Bonchev–Trinajstić information content (AvgIpc) is 2.27. The maximum Gasteiger partial charge on any atom is 0.308 e. The maximum atomic E-state index is 11.3. The van der Waals surface area contributed by atoms with E-state index in [0.29, 0.717) is 13.2 Å². The number of ether oxygens (including phenoxy) is 1. The van der Waals surface area contributed by atoms with Gasteiger partial charge in [-0.3, -0.25) is 9.69 Å². The first-order chi connectivity index (χ1) is 8.07. The Morgan fingerprint density at radius 2 is 2.12 bits per heavy atom. The lowest BCUT2D eigenvalue weighted by molar-refractivity contribution is -0.147. The fourth-order valence-electron chi connectivity index (χ4n) is 1.15. The van der Waals surface area contributed by atoms with Crippen LogP contribution in [0.4, 0.5) is 0 Å².